The number of anilines is 1. The van der Waals surface area contributed by atoms with Gasteiger partial charge in [-0.15, -0.1) is 0 Å². The van der Waals surface area contributed by atoms with Crippen LogP contribution in [0.3, 0.4) is 0 Å². The second-order valence-electron chi connectivity index (χ2n) is 6.61. The number of nitrogens with one attached hydrogen (secondary N) is 1. The monoisotopic (exact) mass is 449 g/mol. The van der Waals surface area contributed by atoms with Crippen molar-refractivity contribution in [3.8, 4) is 11.4 Å². The number of hydrogen-bond donors (Lipinski definition) is 1. The molecule has 0 fully saturated rings. The molecule has 1 aromatic heterocycles. The number of amides is 1. The van der Waals surface area contributed by atoms with E-state index in [1.165, 1.54) is 0 Å². The Morgan fingerprint density at radius 2 is 2.03 bits per heavy atom. The fraction of sp³-hybridized carbons (Fsp3) is 0.200. The molecule has 1 aliphatic heterocycles. The highest BCUT2D eigenvalue weighted by atomic mass is 35.5. The number of halogens is 2. The molecule has 2 heterocycles. The van der Waals surface area contributed by atoms with Gasteiger partial charge in [-0.2, -0.15) is 5.10 Å². The highest BCUT2D eigenvalue weighted by Crippen LogP contribution is 2.32. The Bertz CT molecular complexity index is 1130. The normalized spacial score (nSPS) is 15.2. The first-order chi connectivity index (χ1) is 13.9. The van der Waals surface area contributed by atoms with Crippen LogP contribution in [-0.2, 0) is 27.1 Å². The summed E-state index contributed by atoms with van der Waals surface area (Å²) in [4.78, 5) is 12.6. The zero-order valence-electron chi connectivity index (χ0n) is 15.4. The van der Waals surface area contributed by atoms with Gasteiger partial charge in [-0.1, -0.05) is 41.4 Å². The van der Waals surface area contributed by atoms with Crippen LogP contribution >= 0.6 is 23.2 Å². The van der Waals surface area contributed by atoms with E-state index in [9.17, 15) is 9.00 Å². The highest BCUT2D eigenvalue weighted by molar-refractivity contribution is 7.83. The average Bonchev–Trinajstić information content (AvgIpc) is 3.18. The van der Waals surface area contributed by atoms with Crippen LogP contribution in [-0.4, -0.2) is 26.5 Å². The van der Waals surface area contributed by atoms with Gasteiger partial charge in [-0.25, -0.2) is 4.68 Å². The number of aromatic nitrogens is 2. The molecular formula is C20H17Cl2N3O3S. The van der Waals surface area contributed by atoms with Crippen molar-refractivity contribution >= 4 is 45.7 Å². The summed E-state index contributed by atoms with van der Waals surface area (Å²) in [7, 11) is -1.01. The molecule has 6 nitrogen and oxygen atoms in total. The fourth-order valence-corrected chi connectivity index (χ4v) is 4.86. The number of ether oxygens (including phenoxy) is 1. The molecule has 1 atom stereocenters. The van der Waals surface area contributed by atoms with Gasteiger partial charge in [0.1, 0.15) is 11.6 Å². The molecule has 0 aliphatic carbocycles. The molecule has 1 aliphatic rings. The number of aryl methyl sites for hydroxylation is 1. The minimum absolute atomic E-state index is 0.238. The molecule has 4 rings (SSSR count). The van der Waals surface area contributed by atoms with E-state index in [4.69, 9.17) is 27.9 Å². The van der Waals surface area contributed by atoms with E-state index in [0.717, 1.165) is 22.5 Å². The Kier molecular flexibility index (Phi) is 5.63. The highest BCUT2D eigenvalue weighted by Gasteiger charge is 2.28. The predicted octanol–water partition coefficient (Wildman–Crippen LogP) is 4.27. The summed E-state index contributed by atoms with van der Waals surface area (Å²) in [6.45, 7) is 1.73. The summed E-state index contributed by atoms with van der Waals surface area (Å²) in [5.41, 5.74) is 3.40. The van der Waals surface area contributed by atoms with Gasteiger partial charge in [0.25, 0.3) is 5.91 Å². The molecule has 0 saturated carbocycles. The van der Waals surface area contributed by atoms with Crippen LogP contribution in [0.5, 0.6) is 5.75 Å². The van der Waals surface area contributed by atoms with E-state index in [1.54, 1.807) is 22.9 Å². The number of carbonyl (C=O) groups is 1. The molecule has 1 amide bonds. The Hall–Kier alpha value is -2.35. The quantitative estimate of drug-likeness (QED) is 0.630. The van der Waals surface area contributed by atoms with Crippen LogP contribution in [0, 0.1) is 6.92 Å². The summed E-state index contributed by atoms with van der Waals surface area (Å²) in [6, 6.07) is 12.5. The molecule has 0 unspecified atom stereocenters. The van der Waals surface area contributed by atoms with Crippen molar-refractivity contribution in [3.05, 3.63) is 69.3 Å². The number of benzene rings is 2. The molecule has 29 heavy (non-hydrogen) atoms. The average molecular weight is 450 g/mol. The van der Waals surface area contributed by atoms with Gasteiger partial charge in [-0.05, 0) is 36.8 Å². The number of hydrogen-bond acceptors (Lipinski definition) is 4. The standard InChI is InChI=1S/C20H17Cl2N3O3S/c1-12-4-2-3-5-17(12)25-20(14-10-29(27)11-16(14)24-25)23-19(26)9-28-18-7-6-13(21)8-15(18)22/h2-8H,9-11H2,1H3,(H,23,26)/t29-/m1/s1. The smallest absolute Gasteiger partial charge is 0.263 e. The first kappa shape index (κ1) is 19.9. The summed E-state index contributed by atoms with van der Waals surface area (Å²) < 4.78 is 19.2. The summed E-state index contributed by atoms with van der Waals surface area (Å²) >= 11 is 12.0. The van der Waals surface area contributed by atoms with E-state index in [2.05, 4.69) is 10.4 Å². The van der Waals surface area contributed by atoms with Crippen LogP contribution in [0.2, 0.25) is 10.0 Å². The van der Waals surface area contributed by atoms with Crippen molar-refractivity contribution in [2.45, 2.75) is 18.4 Å². The Morgan fingerprint density at radius 1 is 1.24 bits per heavy atom. The number of nitrogens with zero attached hydrogens (tertiary/aromatic N) is 2. The first-order valence-corrected chi connectivity index (χ1v) is 11.1. The van der Waals surface area contributed by atoms with Crippen molar-refractivity contribution in [1.82, 2.24) is 9.78 Å². The van der Waals surface area contributed by atoms with Crippen molar-refractivity contribution in [2.24, 2.45) is 0 Å². The molecule has 9 heteroatoms. The minimum Gasteiger partial charge on any atom is -0.482 e. The van der Waals surface area contributed by atoms with E-state index in [1.807, 2.05) is 31.2 Å². The molecule has 3 aromatic rings. The summed E-state index contributed by atoms with van der Waals surface area (Å²) in [5, 5.41) is 8.28. The second-order valence-corrected chi connectivity index (χ2v) is 8.91. The van der Waals surface area contributed by atoms with E-state index < -0.39 is 10.8 Å². The molecule has 0 saturated heterocycles. The lowest BCUT2D eigenvalue weighted by Crippen LogP contribution is -2.23. The molecule has 2 aromatic carbocycles. The second kappa shape index (κ2) is 8.18. The molecule has 0 spiro atoms. The van der Waals surface area contributed by atoms with E-state index in [0.29, 0.717) is 33.1 Å². The van der Waals surface area contributed by atoms with Crippen molar-refractivity contribution in [1.29, 1.82) is 0 Å². The van der Waals surface area contributed by atoms with Gasteiger partial charge in [0.05, 0.1) is 27.9 Å². The number of para-hydroxylation sites is 1. The maximum atomic E-state index is 12.6. The molecule has 150 valence electrons. The van der Waals surface area contributed by atoms with Crippen LogP contribution in [0.15, 0.2) is 42.5 Å². The lowest BCUT2D eigenvalue weighted by Gasteiger charge is -2.13. The Labute approximate surface area is 180 Å². The number of fused-ring (bicyclic) bond motifs is 1. The topological polar surface area (TPSA) is 73.2 Å². The van der Waals surface area contributed by atoms with Crippen molar-refractivity contribution < 1.29 is 13.7 Å². The molecule has 0 radical (unpaired) electrons. The number of carbonyl (C=O) groups excluding carboxylic acids is 1. The van der Waals surface area contributed by atoms with Crippen LogP contribution < -0.4 is 10.1 Å². The maximum Gasteiger partial charge on any atom is 0.263 e. The molecular weight excluding hydrogens is 433 g/mol. The molecule has 1 N–H and O–H groups in total. The van der Waals surface area contributed by atoms with E-state index >= 15 is 0 Å². The molecule has 0 bridgehead atoms. The zero-order valence-corrected chi connectivity index (χ0v) is 17.8. The Morgan fingerprint density at radius 3 is 2.79 bits per heavy atom. The largest absolute Gasteiger partial charge is 0.482 e. The van der Waals surface area contributed by atoms with Gasteiger partial charge < -0.3 is 10.1 Å². The van der Waals surface area contributed by atoms with Gasteiger partial charge in [0.2, 0.25) is 0 Å². The SMILES string of the molecule is Cc1ccccc1-n1nc2c(c1NC(=O)COc1ccc(Cl)cc1Cl)C[S@@](=O)C2. The van der Waals surface area contributed by atoms with Crippen LogP contribution in [0.4, 0.5) is 5.82 Å². The van der Waals surface area contributed by atoms with E-state index in [-0.39, 0.29) is 12.5 Å². The van der Waals surface area contributed by atoms with Gasteiger partial charge in [0.15, 0.2) is 6.61 Å². The zero-order chi connectivity index (χ0) is 20.5. The number of rotatable bonds is 5. The Balaban J connectivity index is 1.58. The van der Waals surface area contributed by atoms with Crippen molar-refractivity contribution in [2.75, 3.05) is 11.9 Å². The van der Waals surface area contributed by atoms with Gasteiger partial charge >= 0.3 is 0 Å². The predicted molar refractivity (Wildman–Crippen MR) is 114 cm³/mol. The fourth-order valence-electron chi connectivity index (χ4n) is 3.14. The summed E-state index contributed by atoms with van der Waals surface area (Å²) in [5.74, 6) is 1.27. The lowest BCUT2D eigenvalue weighted by molar-refractivity contribution is -0.118. The van der Waals surface area contributed by atoms with Crippen molar-refractivity contribution in [3.63, 3.8) is 0 Å². The minimum atomic E-state index is -1.01. The third kappa shape index (κ3) is 4.17. The van der Waals surface area contributed by atoms with Crippen LogP contribution in [0.1, 0.15) is 16.8 Å². The van der Waals surface area contributed by atoms with Gasteiger partial charge in [0, 0.05) is 21.4 Å². The first-order valence-electron chi connectivity index (χ1n) is 8.82. The van der Waals surface area contributed by atoms with Crippen LogP contribution in [0.25, 0.3) is 5.69 Å². The summed E-state index contributed by atoms with van der Waals surface area (Å²) in [6.07, 6.45) is 0. The third-order valence-corrected chi connectivity index (χ3v) is 6.26. The maximum absolute atomic E-state index is 12.6. The third-order valence-electron chi connectivity index (χ3n) is 4.52. The van der Waals surface area contributed by atoms with Gasteiger partial charge in [-0.3, -0.25) is 9.00 Å². The lowest BCUT2D eigenvalue weighted by atomic mass is 10.2.